The highest BCUT2D eigenvalue weighted by Gasteiger charge is 2.31. The Hall–Kier alpha value is -0.870. The summed E-state index contributed by atoms with van der Waals surface area (Å²) in [5.74, 6) is 0. The first-order chi connectivity index (χ1) is 7.83. The van der Waals surface area contributed by atoms with Gasteiger partial charge in [-0.25, -0.2) is 8.42 Å². The molecule has 1 aromatic carbocycles. The van der Waals surface area contributed by atoms with Crippen molar-refractivity contribution in [3.05, 3.63) is 29.3 Å². The molecule has 0 spiro atoms. The Balaban J connectivity index is 2.45. The molecule has 1 heterocycles. The summed E-state index contributed by atoms with van der Waals surface area (Å²) >= 11 is 0. The predicted molar refractivity (Wildman–Crippen MR) is 68.9 cm³/mol. The number of benzene rings is 1. The molecule has 1 atom stereocenters. The van der Waals surface area contributed by atoms with E-state index in [1.54, 1.807) is 12.1 Å². The van der Waals surface area contributed by atoms with Crippen LogP contribution in [0.25, 0.3) is 0 Å². The maximum atomic E-state index is 11.5. The highest BCUT2D eigenvalue weighted by Crippen LogP contribution is 2.33. The monoisotopic (exact) mass is 253 g/mol. The van der Waals surface area contributed by atoms with Gasteiger partial charge in [0.1, 0.15) is 0 Å². The molecule has 0 radical (unpaired) electrons. The Bertz CT molecular complexity index is 528. The first kappa shape index (κ1) is 12.6. The summed E-state index contributed by atoms with van der Waals surface area (Å²) in [6, 6.07) is 5.43. The Kier molecular flexibility index (Phi) is 3.04. The average Bonchev–Trinajstić information content (AvgIpc) is 2.64. The van der Waals surface area contributed by atoms with Crippen LogP contribution in [0.15, 0.2) is 23.1 Å². The summed E-state index contributed by atoms with van der Waals surface area (Å²) in [6.45, 7) is 5.20. The third-order valence-electron chi connectivity index (χ3n) is 3.59. The lowest BCUT2D eigenvalue weighted by atomic mass is 9.87. The van der Waals surface area contributed by atoms with Crippen LogP contribution in [0.1, 0.15) is 30.9 Å². The maximum absolute atomic E-state index is 11.5. The summed E-state index contributed by atoms with van der Waals surface area (Å²) < 4.78 is 23.0. The van der Waals surface area contributed by atoms with E-state index in [1.165, 1.54) is 18.2 Å². The van der Waals surface area contributed by atoms with Crippen LogP contribution in [-0.2, 0) is 15.4 Å². The molecule has 0 saturated carbocycles. The Labute approximate surface area is 103 Å². The zero-order valence-electron chi connectivity index (χ0n) is 10.6. The molecule has 17 heavy (non-hydrogen) atoms. The molecule has 0 aromatic heterocycles. The lowest BCUT2D eigenvalue weighted by molar-refractivity contribution is 0.432. The molecule has 0 aliphatic carbocycles. The van der Waals surface area contributed by atoms with Gasteiger partial charge < -0.3 is 5.32 Å². The molecule has 1 aliphatic heterocycles. The van der Waals surface area contributed by atoms with E-state index in [1.807, 2.05) is 13.0 Å². The number of hydrogen-bond acceptors (Lipinski definition) is 3. The van der Waals surface area contributed by atoms with Crippen molar-refractivity contribution in [1.82, 2.24) is 5.32 Å². The normalized spacial score (nSPS) is 25.1. The van der Waals surface area contributed by atoms with Crippen LogP contribution in [0.5, 0.6) is 0 Å². The van der Waals surface area contributed by atoms with Crippen molar-refractivity contribution < 1.29 is 8.42 Å². The first-order valence-electron chi connectivity index (χ1n) is 5.89. The second kappa shape index (κ2) is 4.10. The van der Waals surface area contributed by atoms with E-state index in [0.717, 1.165) is 18.5 Å². The van der Waals surface area contributed by atoms with Crippen molar-refractivity contribution in [2.75, 3.05) is 12.8 Å². The molecule has 1 N–H and O–H groups in total. The van der Waals surface area contributed by atoms with Crippen molar-refractivity contribution in [1.29, 1.82) is 0 Å². The highest BCUT2D eigenvalue weighted by atomic mass is 32.2. The number of nitrogens with one attached hydrogen (secondary N) is 1. The summed E-state index contributed by atoms with van der Waals surface area (Å²) in [5, 5.41) is 3.50. The van der Waals surface area contributed by atoms with Gasteiger partial charge in [0.25, 0.3) is 0 Å². The Morgan fingerprint density at radius 3 is 2.53 bits per heavy atom. The van der Waals surface area contributed by atoms with E-state index in [4.69, 9.17) is 0 Å². The molecule has 1 unspecified atom stereocenters. The molecular formula is C13H19NO2S. The zero-order chi connectivity index (χ0) is 12.7. The van der Waals surface area contributed by atoms with E-state index in [0.29, 0.717) is 4.90 Å². The van der Waals surface area contributed by atoms with Crippen LogP contribution in [0.2, 0.25) is 0 Å². The number of sulfone groups is 1. The van der Waals surface area contributed by atoms with E-state index >= 15 is 0 Å². The average molecular weight is 253 g/mol. The van der Waals surface area contributed by atoms with Gasteiger partial charge >= 0.3 is 0 Å². The molecule has 2 rings (SSSR count). The van der Waals surface area contributed by atoms with Crippen molar-refractivity contribution in [2.24, 2.45) is 0 Å². The van der Waals surface area contributed by atoms with Gasteiger partial charge in [-0.3, -0.25) is 0 Å². The maximum Gasteiger partial charge on any atom is 0.175 e. The van der Waals surface area contributed by atoms with Gasteiger partial charge in [0.2, 0.25) is 0 Å². The minimum atomic E-state index is -3.11. The topological polar surface area (TPSA) is 46.2 Å². The minimum absolute atomic E-state index is 0.000116. The second-order valence-corrected chi connectivity index (χ2v) is 7.13. The SMILES string of the molecule is Cc1cc(S(C)(=O)=O)ccc1C1(C)CCCN1. The number of rotatable bonds is 2. The minimum Gasteiger partial charge on any atom is -0.308 e. The van der Waals surface area contributed by atoms with E-state index in [-0.39, 0.29) is 5.54 Å². The van der Waals surface area contributed by atoms with Crippen LogP contribution in [0.4, 0.5) is 0 Å². The van der Waals surface area contributed by atoms with Gasteiger partial charge in [-0.1, -0.05) is 6.07 Å². The number of hydrogen-bond donors (Lipinski definition) is 1. The number of aryl methyl sites for hydroxylation is 1. The second-order valence-electron chi connectivity index (χ2n) is 5.11. The standard InChI is InChI=1S/C13H19NO2S/c1-10-9-11(17(3,15)16)5-6-12(10)13(2)7-4-8-14-13/h5-6,9,14H,4,7-8H2,1-3H3. The fourth-order valence-corrected chi connectivity index (χ4v) is 3.32. The molecule has 94 valence electrons. The van der Waals surface area contributed by atoms with Crippen molar-refractivity contribution in [2.45, 2.75) is 37.1 Å². The lowest BCUT2D eigenvalue weighted by Crippen LogP contribution is -2.33. The molecule has 1 aromatic rings. The van der Waals surface area contributed by atoms with Crippen molar-refractivity contribution in [3.63, 3.8) is 0 Å². The summed E-state index contributed by atoms with van der Waals surface area (Å²) in [6.07, 6.45) is 3.52. The van der Waals surface area contributed by atoms with Crippen LogP contribution in [-0.4, -0.2) is 21.2 Å². The molecule has 3 nitrogen and oxygen atoms in total. The zero-order valence-corrected chi connectivity index (χ0v) is 11.4. The van der Waals surface area contributed by atoms with Crippen molar-refractivity contribution in [3.8, 4) is 0 Å². The third-order valence-corrected chi connectivity index (χ3v) is 4.70. The smallest absolute Gasteiger partial charge is 0.175 e. The molecule has 1 aliphatic rings. The Morgan fingerprint density at radius 1 is 1.35 bits per heavy atom. The van der Waals surface area contributed by atoms with E-state index < -0.39 is 9.84 Å². The molecular weight excluding hydrogens is 234 g/mol. The van der Waals surface area contributed by atoms with Gasteiger partial charge in [0.05, 0.1) is 4.90 Å². The van der Waals surface area contributed by atoms with Crippen LogP contribution in [0.3, 0.4) is 0 Å². The fraction of sp³-hybridized carbons (Fsp3) is 0.538. The largest absolute Gasteiger partial charge is 0.308 e. The summed E-state index contributed by atoms with van der Waals surface area (Å²) in [5.41, 5.74) is 2.26. The summed E-state index contributed by atoms with van der Waals surface area (Å²) in [7, 11) is -3.11. The van der Waals surface area contributed by atoms with Crippen LogP contribution in [0, 0.1) is 6.92 Å². The highest BCUT2D eigenvalue weighted by molar-refractivity contribution is 7.90. The molecule has 0 amide bonds. The van der Waals surface area contributed by atoms with E-state index in [2.05, 4.69) is 12.2 Å². The molecule has 4 heteroatoms. The third kappa shape index (κ3) is 2.38. The lowest BCUT2D eigenvalue weighted by Gasteiger charge is -2.27. The summed E-state index contributed by atoms with van der Waals surface area (Å²) in [4.78, 5) is 0.403. The van der Waals surface area contributed by atoms with Gasteiger partial charge in [0.15, 0.2) is 9.84 Å². The van der Waals surface area contributed by atoms with Gasteiger partial charge in [-0.15, -0.1) is 0 Å². The molecule has 1 saturated heterocycles. The Morgan fingerprint density at radius 2 is 2.06 bits per heavy atom. The first-order valence-corrected chi connectivity index (χ1v) is 7.78. The quantitative estimate of drug-likeness (QED) is 0.877. The fourth-order valence-electron chi connectivity index (χ4n) is 2.61. The van der Waals surface area contributed by atoms with Gasteiger partial charge in [-0.05, 0) is 56.5 Å². The van der Waals surface area contributed by atoms with Gasteiger partial charge in [-0.2, -0.15) is 0 Å². The van der Waals surface area contributed by atoms with Crippen molar-refractivity contribution >= 4 is 9.84 Å². The van der Waals surface area contributed by atoms with Crippen LogP contribution < -0.4 is 5.32 Å². The predicted octanol–water partition coefficient (Wildman–Crippen LogP) is 2.00. The van der Waals surface area contributed by atoms with E-state index in [9.17, 15) is 8.42 Å². The molecule has 1 fully saturated rings. The van der Waals surface area contributed by atoms with Gasteiger partial charge in [0, 0.05) is 11.8 Å². The van der Waals surface area contributed by atoms with Crippen LogP contribution >= 0.6 is 0 Å². The molecule has 0 bridgehead atoms.